The molecule has 0 aliphatic heterocycles. The van der Waals surface area contributed by atoms with Crippen LogP contribution >= 0.6 is 0 Å². The van der Waals surface area contributed by atoms with Gasteiger partial charge >= 0.3 is 0 Å². The van der Waals surface area contributed by atoms with E-state index in [1.807, 2.05) is 0 Å². The highest BCUT2D eigenvalue weighted by molar-refractivity contribution is 5.94. The Balaban J connectivity index is 2.75. The van der Waals surface area contributed by atoms with Crippen LogP contribution in [0.1, 0.15) is 16.8 Å². The average molecular weight is 253 g/mol. The highest BCUT2D eigenvalue weighted by atomic mass is 16.5. The second-order valence-corrected chi connectivity index (χ2v) is 3.64. The Kier molecular flexibility index (Phi) is 6.00. The van der Waals surface area contributed by atoms with Crippen LogP contribution in [0.25, 0.3) is 0 Å². The predicted octanol–water partition coefficient (Wildman–Crippen LogP) is 1.47. The molecule has 0 spiro atoms. The lowest BCUT2D eigenvalue weighted by Gasteiger charge is -2.11. The second-order valence-electron chi connectivity index (χ2n) is 3.64. The molecule has 5 heteroatoms. The topological polar surface area (TPSA) is 56.8 Å². The van der Waals surface area contributed by atoms with Crippen LogP contribution in [0.15, 0.2) is 18.2 Å². The van der Waals surface area contributed by atoms with Gasteiger partial charge in [0.1, 0.15) is 0 Å². The summed E-state index contributed by atoms with van der Waals surface area (Å²) in [6.45, 7) is 1.15. The van der Waals surface area contributed by atoms with E-state index in [1.165, 1.54) is 0 Å². The van der Waals surface area contributed by atoms with Gasteiger partial charge in [-0.2, -0.15) is 0 Å². The summed E-state index contributed by atoms with van der Waals surface area (Å²) >= 11 is 0. The van der Waals surface area contributed by atoms with Crippen LogP contribution in [-0.4, -0.2) is 40.4 Å². The van der Waals surface area contributed by atoms with Gasteiger partial charge in [0.25, 0.3) is 5.91 Å². The van der Waals surface area contributed by atoms with Crippen LogP contribution in [-0.2, 0) is 4.74 Å². The number of rotatable bonds is 7. The highest BCUT2D eigenvalue weighted by Crippen LogP contribution is 2.28. The lowest BCUT2D eigenvalue weighted by atomic mass is 10.2. The van der Waals surface area contributed by atoms with Crippen molar-refractivity contribution in [3.8, 4) is 11.5 Å². The fourth-order valence-electron chi connectivity index (χ4n) is 1.46. The fourth-order valence-corrected chi connectivity index (χ4v) is 1.46. The van der Waals surface area contributed by atoms with E-state index in [-0.39, 0.29) is 5.91 Å². The van der Waals surface area contributed by atoms with Gasteiger partial charge in [0.2, 0.25) is 0 Å². The molecule has 0 radical (unpaired) electrons. The van der Waals surface area contributed by atoms with Crippen LogP contribution in [0.4, 0.5) is 0 Å². The van der Waals surface area contributed by atoms with Gasteiger partial charge in [-0.05, 0) is 18.2 Å². The van der Waals surface area contributed by atoms with Crippen LogP contribution in [0, 0.1) is 0 Å². The van der Waals surface area contributed by atoms with E-state index in [4.69, 9.17) is 14.2 Å². The van der Waals surface area contributed by atoms with Crippen molar-refractivity contribution in [2.75, 3.05) is 34.5 Å². The van der Waals surface area contributed by atoms with Crippen molar-refractivity contribution in [2.24, 2.45) is 0 Å². The summed E-state index contributed by atoms with van der Waals surface area (Å²) in [5.74, 6) is 1.02. The van der Waals surface area contributed by atoms with Gasteiger partial charge in [0.05, 0.1) is 13.7 Å². The van der Waals surface area contributed by atoms with Crippen LogP contribution < -0.4 is 14.8 Å². The van der Waals surface area contributed by atoms with Crippen LogP contribution in [0.3, 0.4) is 0 Å². The second kappa shape index (κ2) is 7.55. The largest absolute Gasteiger partial charge is 0.493 e. The van der Waals surface area contributed by atoms with Gasteiger partial charge in [-0.25, -0.2) is 0 Å². The summed E-state index contributed by atoms with van der Waals surface area (Å²) in [7, 11) is 4.80. The maximum absolute atomic E-state index is 11.5. The van der Waals surface area contributed by atoms with E-state index in [0.717, 1.165) is 6.42 Å². The van der Waals surface area contributed by atoms with Crippen molar-refractivity contribution in [1.29, 1.82) is 0 Å². The third kappa shape index (κ3) is 3.92. The average Bonchev–Trinajstić information content (AvgIpc) is 2.42. The van der Waals surface area contributed by atoms with E-state index in [0.29, 0.717) is 30.3 Å². The summed E-state index contributed by atoms with van der Waals surface area (Å²) in [5.41, 5.74) is 0.542. The Morgan fingerprint density at radius 2 is 2.00 bits per heavy atom. The smallest absolute Gasteiger partial charge is 0.251 e. The molecular weight excluding hydrogens is 234 g/mol. The number of ether oxygens (including phenoxy) is 3. The molecule has 5 nitrogen and oxygen atoms in total. The van der Waals surface area contributed by atoms with Crippen molar-refractivity contribution >= 4 is 5.91 Å². The quantitative estimate of drug-likeness (QED) is 0.748. The number of hydrogen-bond donors (Lipinski definition) is 1. The summed E-state index contributed by atoms with van der Waals surface area (Å²) in [6.07, 6.45) is 0.782. The van der Waals surface area contributed by atoms with Crippen molar-refractivity contribution in [1.82, 2.24) is 5.32 Å². The molecular formula is C13H19NO4. The molecule has 0 fully saturated rings. The first-order chi connectivity index (χ1) is 8.72. The molecule has 0 aromatic heterocycles. The zero-order valence-corrected chi connectivity index (χ0v) is 11.0. The van der Waals surface area contributed by atoms with Crippen molar-refractivity contribution in [3.63, 3.8) is 0 Å². The van der Waals surface area contributed by atoms with E-state index < -0.39 is 0 Å². The highest BCUT2D eigenvalue weighted by Gasteiger charge is 2.09. The molecule has 0 unspecified atom stereocenters. The Morgan fingerprint density at radius 1 is 1.22 bits per heavy atom. The van der Waals surface area contributed by atoms with Crippen molar-refractivity contribution in [3.05, 3.63) is 23.8 Å². The van der Waals surface area contributed by atoms with Crippen molar-refractivity contribution in [2.45, 2.75) is 6.42 Å². The van der Waals surface area contributed by atoms with E-state index >= 15 is 0 Å². The molecule has 1 amide bonds. The molecule has 1 rings (SSSR count). The van der Waals surface area contributed by atoms with Crippen LogP contribution in [0.2, 0.25) is 0 Å². The molecule has 0 aliphatic rings. The monoisotopic (exact) mass is 253 g/mol. The van der Waals surface area contributed by atoms with Gasteiger partial charge in [-0.1, -0.05) is 0 Å². The minimum Gasteiger partial charge on any atom is -0.493 e. The number of methoxy groups -OCH3 is 2. The van der Waals surface area contributed by atoms with Gasteiger partial charge < -0.3 is 19.5 Å². The summed E-state index contributed by atoms with van der Waals surface area (Å²) in [6, 6.07) is 5.08. The number of nitrogens with one attached hydrogen (secondary N) is 1. The maximum Gasteiger partial charge on any atom is 0.251 e. The Bertz CT molecular complexity index is 393. The number of amides is 1. The van der Waals surface area contributed by atoms with E-state index in [1.54, 1.807) is 39.5 Å². The first-order valence-electron chi connectivity index (χ1n) is 5.74. The molecule has 0 atom stereocenters. The number of hydrogen-bond acceptors (Lipinski definition) is 4. The number of benzene rings is 1. The SMILES string of the molecule is CNC(=O)c1ccc(OC)c(OCCCOC)c1. The summed E-state index contributed by atoms with van der Waals surface area (Å²) < 4.78 is 15.7. The third-order valence-electron chi connectivity index (χ3n) is 2.40. The molecule has 1 aromatic rings. The summed E-state index contributed by atoms with van der Waals surface area (Å²) in [5, 5.41) is 2.57. The Labute approximate surface area is 107 Å². The normalized spacial score (nSPS) is 9.94. The predicted molar refractivity (Wildman–Crippen MR) is 68.4 cm³/mol. The Morgan fingerprint density at radius 3 is 2.61 bits per heavy atom. The molecule has 0 bridgehead atoms. The number of carbonyl (C=O) groups excluding carboxylic acids is 1. The molecule has 0 saturated carbocycles. The number of carbonyl (C=O) groups is 1. The minimum absolute atomic E-state index is 0.153. The summed E-state index contributed by atoms with van der Waals surface area (Å²) in [4.78, 5) is 11.5. The third-order valence-corrected chi connectivity index (χ3v) is 2.40. The lowest BCUT2D eigenvalue weighted by Crippen LogP contribution is -2.17. The van der Waals surface area contributed by atoms with Gasteiger partial charge in [0.15, 0.2) is 11.5 Å². The molecule has 0 heterocycles. The van der Waals surface area contributed by atoms with E-state index in [9.17, 15) is 4.79 Å². The van der Waals surface area contributed by atoms with E-state index in [2.05, 4.69) is 5.32 Å². The first kappa shape index (κ1) is 14.3. The van der Waals surface area contributed by atoms with Gasteiger partial charge in [-0.3, -0.25) is 4.79 Å². The molecule has 0 saturated heterocycles. The van der Waals surface area contributed by atoms with Gasteiger partial charge in [-0.15, -0.1) is 0 Å². The standard InChI is InChI=1S/C13H19NO4/c1-14-13(15)10-5-6-11(17-3)12(9-10)18-8-4-7-16-2/h5-6,9H,4,7-8H2,1-3H3,(H,14,15). The molecule has 100 valence electrons. The minimum atomic E-state index is -0.153. The molecule has 1 aromatic carbocycles. The zero-order valence-electron chi connectivity index (χ0n) is 11.0. The fraction of sp³-hybridized carbons (Fsp3) is 0.462. The first-order valence-corrected chi connectivity index (χ1v) is 5.74. The maximum atomic E-state index is 11.5. The lowest BCUT2D eigenvalue weighted by molar-refractivity contribution is 0.0962. The van der Waals surface area contributed by atoms with Gasteiger partial charge in [0, 0.05) is 32.7 Å². The Hall–Kier alpha value is -1.75. The molecule has 18 heavy (non-hydrogen) atoms. The van der Waals surface area contributed by atoms with Crippen molar-refractivity contribution < 1.29 is 19.0 Å². The van der Waals surface area contributed by atoms with Crippen LogP contribution in [0.5, 0.6) is 11.5 Å². The molecule has 0 aliphatic carbocycles. The molecule has 1 N–H and O–H groups in total. The zero-order chi connectivity index (χ0) is 13.4.